The molecule has 0 bridgehead atoms. The molecule has 82 valence electrons. The number of rotatable bonds is 3. The zero-order chi connectivity index (χ0) is 10.5. The van der Waals surface area contributed by atoms with Gasteiger partial charge in [-0.15, -0.1) is 0 Å². The van der Waals surface area contributed by atoms with Crippen LogP contribution in [-0.4, -0.2) is 19.3 Å². The Hall–Kier alpha value is -1.06. The fourth-order valence-electron chi connectivity index (χ4n) is 1.87. The van der Waals surface area contributed by atoms with Crippen molar-refractivity contribution in [1.29, 1.82) is 0 Å². The van der Waals surface area contributed by atoms with Crippen LogP contribution in [0.3, 0.4) is 0 Å². The van der Waals surface area contributed by atoms with E-state index < -0.39 is 0 Å². The Labute approximate surface area is 90.6 Å². The number of nitrogens with one attached hydrogen (secondary N) is 1. The maximum Gasteiger partial charge on any atom is 0.0480 e. The average molecular weight is 206 g/mol. The van der Waals surface area contributed by atoms with Crippen molar-refractivity contribution in [2.24, 2.45) is 0 Å². The lowest BCUT2D eigenvalue weighted by Gasteiger charge is -2.23. The molecule has 3 N–H and O–H groups in total. The molecule has 0 saturated carbocycles. The Morgan fingerprint density at radius 2 is 2.13 bits per heavy atom. The van der Waals surface area contributed by atoms with Crippen LogP contribution in [0.5, 0.6) is 0 Å². The van der Waals surface area contributed by atoms with E-state index in [0.29, 0.717) is 6.04 Å². The topological polar surface area (TPSA) is 47.3 Å². The monoisotopic (exact) mass is 206 g/mol. The second-order valence-corrected chi connectivity index (χ2v) is 4.01. The normalized spacial score (nSPS) is 17.9. The Morgan fingerprint density at radius 3 is 2.87 bits per heavy atom. The highest BCUT2D eigenvalue weighted by Crippen LogP contribution is 2.09. The Kier molecular flexibility index (Phi) is 3.59. The standard InChI is InChI=1S/C12H18N2O/c13-11-3-1-2-10(8-11)9-14-12-4-6-15-7-5-12/h1-3,8,12,14H,4-7,9,13H2. The summed E-state index contributed by atoms with van der Waals surface area (Å²) in [6, 6.07) is 8.63. The number of hydrogen-bond acceptors (Lipinski definition) is 3. The van der Waals surface area contributed by atoms with Crippen LogP contribution in [0, 0.1) is 0 Å². The number of hydrogen-bond donors (Lipinski definition) is 2. The fraction of sp³-hybridized carbons (Fsp3) is 0.500. The van der Waals surface area contributed by atoms with Crippen molar-refractivity contribution in [2.45, 2.75) is 25.4 Å². The molecule has 1 aliphatic rings. The molecule has 0 aromatic heterocycles. The van der Waals surface area contributed by atoms with Gasteiger partial charge in [0.05, 0.1) is 0 Å². The first-order valence-electron chi connectivity index (χ1n) is 5.50. The maximum absolute atomic E-state index is 5.72. The Bertz CT molecular complexity index is 308. The van der Waals surface area contributed by atoms with Crippen LogP contribution in [0.4, 0.5) is 5.69 Å². The SMILES string of the molecule is Nc1cccc(CNC2CCOCC2)c1. The number of nitrogen functional groups attached to an aromatic ring is 1. The van der Waals surface area contributed by atoms with Gasteiger partial charge in [-0.3, -0.25) is 0 Å². The molecular formula is C12H18N2O. The van der Waals surface area contributed by atoms with Gasteiger partial charge in [0.15, 0.2) is 0 Å². The molecule has 0 amide bonds. The van der Waals surface area contributed by atoms with Gasteiger partial charge in [-0.1, -0.05) is 12.1 Å². The van der Waals surface area contributed by atoms with Gasteiger partial charge in [-0.2, -0.15) is 0 Å². The third kappa shape index (κ3) is 3.22. The minimum Gasteiger partial charge on any atom is -0.399 e. The third-order valence-corrected chi connectivity index (χ3v) is 2.77. The second kappa shape index (κ2) is 5.14. The minimum absolute atomic E-state index is 0.597. The molecule has 15 heavy (non-hydrogen) atoms. The Morgan fingerprint density at radius 1 is 1.33 bits per heavy atom. The lowest BCUT2D eigenvalue weighted by atomic mass is 10.1. The van der Waals surface area contributed by atoms with Crippen LogP contribution < -0.4 is 11.1 Å². The molecular weight excluding hydrogens is 188 g/mol. The number of benzene rings is 1. The van der Waals surface area contributed by atoms with Gasteiger partial charge < -0.3 is 15.8 Å². The van der Waals surface area contributed by atoms with E-state index in [4.69, 9.17) is 10.5 Å². The molecule has 0 spiro atoms. The summed E-state index contributed by atoms with van der Waals surface area (Å²) in [6.07, 6.45) is 2.23. The molecule has 1 heterocycles. The van der Waals surface area contributed by atoms with Crippen molar-refractivity contribution >= 4 is 5.69 Å². The molecule has 3 nitrogen and oxygen atoms in total. The fourth-order valence-corrected chi connectivity index (χ4v) is 1.87. The second-order valence-electron chi connectivity index (χ2n) is 4.01. The molecule has 0 atom stereocenters. The van der Waals surface area contributed by atoms with Crippen molar-refractivity contribution in [3.05, 3.63) is 29.8 Å². The van der Waals surface area contributed by atoms with Crippen molar-refractivity contribution in [1.82, 2.24) is 5.32 Å². The third-order valence-electron chi connectivity index (χ3n) is 2.77. The smallest absolute Gasteiger partial charge is 0.0480 e. The molecule has 0 unspecified atom stereocenters. The predicted molar refractivity (Wildman–Crippen MR) is 61.5 cm³/mol. The Balaban J connectivity index is 1.81. The molecule has 1 aromatic carbocycles. The number of anilines is 1. The lowest BCUT2D eigenvalue weighted by molar-refractivity contribution is 0.0776. The van der Waals surface area contributed by atoms with Crippen LogP contribution in [-0.2, 0) is 11.3 Å². The van der Waals surface area contributed by atoms with Crippen molar-refractivity contribution < 1.29 is 4.74 Å². The summed E-state index contributed by atoms with van der Waals surface area (Å²) in [6.45, 7) is 2.67. The van der Waals surface area contributed by atoms with Gasteiger partial charge in [0, 0.05) is 31.5 Å². The molecule has 1 fully saturated rings. The lowest BCUT2D eigenvalue weighted by Crippen LogP contribution is -2.34. The van der Waals surface area contributed by atoms with E-state index in [1.54, 1.807) is 0 Å². The highest BCUT2D eigenvalue weighted by Gasteiger charge is 2.12. The van der Waals surface area contributed by atoms with E-state index in [2.05, 4.69) is 11.4 Å². The summed E-state index contributed by atoms with van der Waals surface area (Å²) < 4.78 is 5.31. The first-order valence-corrected chi connectivity index (χ1v) is 5.50. The van der Waals surface area contributed by atoms with Crippen LogP contribution in [0.25, 0.3) is 0 Å². The van der Waals surface area contributed by atoms with Crippen LogP contribution in [0.2, 0.25) is 0 Å². The first kappa shape index (κ1) is 10.5. The summed E-state index contributed by atoms with van der Waals surface area (Å²) in [4.78, 5) is 0. The summed E-state index contributed by atoms with van der Waals surface area (Å²) in [5, 5.41) is 3.53. The van der Waals surface area contributed by atoms with E-state index in [1.807, 2.05) is 18.2 Å². The predicted octanol–water partition coefficient (Wildman–Crippen LogP) is 1.54. The zero-order valence-electron chi connectivity index (χ0n) is 8.91. The van der Waals surface area contributed by atoms with Gasteiger partial charge in [0.25, 0.3) is 0 Å². The zero-order valence-corrected chi connectivity index (χ0v) is 8.91. The summed E-state index contributed by atoms with van der Waals surface area (Å²) >= 11 is 0. The van der Waals surface area contributed by atoms with Crippen LogP contribution in [0.1, 0.15) is 18.4 Å². The quantitative estimate of drug-likeness (QED) is 0.737. The van der Waals surface area contributed by atoms with E-state index in [-0.39, 0.29) is 0 Å². The molecule has 1 saturated heterocycles. The largest absolute Gasteiger partial charge is 0.399 e. The average Bonchev–Trinajstić information content (AvgIpc) is 2.28. The van der Waals surface area contributed by atoms with E-state index in [0.717, 1.165) is 38.3 Å². The van der Waals surface area contributed by atoms with Crippen LogP contribution >= 0.6 is 0 Å². The summed E-state index contributed by atoms with van der Waals surface area (Å²) in [5.41, 5.74) is 7.81. The number of nitrogens with two attached hydrogens (primary N) is 1. The van der Waals surface area contributed by atoms with Crippen molar-refractivity contribution in [2.75, 3.05) is 18.9 Å². The molecule has 1 aliphatic heterocycles. The first-order chi connectivity index (χ1) is 7.34. The van der Waals surface area contributed by atoms with Gasteiger partial charge in [-0.05, 0) is 30.5 Å². The van der Waals surface area contributed by atoms with Gasteiger partial charge >= 0.3 is 0 Å². The van der Waals surface area contributed by atoms with E-state index in [1.165, 1.54) is 5.56 Å². The van der Waals surface area contributed by atoms with Crippen LogP contribution in [0.15, 0.2) is 24.3 Å². The van der Waals surface area contributed by atoms with E-state index >= 15 is 0 Å². The van der Waals surface area contributed by atoms with E-state index in [9.17, 15) is 0 Å². The van der Waals surface area contributed by atoms with Crippen molar-refractivity contribution in [3.63, 3.8) is 0 Å². The van der Waals surface area contributed by atoms with Gasteiger partial charge in [0.1, 0.15) is 0 Å². The molecule has 3 heteroatoms. The molecule has 2 rings (SSSR count). The molecule has 0 radical (unpaired) electrons. The number of ether oxygens (including phenoxy) is 1. The van der Waals surface area contributed by atoms with Gasteiger partial charge in [-0.25, -0.2) is 0 Å². The molecule has 1 aromatic rings. The molecule has 0 aliphatic carbocycles. The minimum atomic E-state index is 0.597. The van der Waals surface area contributed by atoms with Gasteiger partial charge in [0.2, 0.25) is 0 Å². The highest BCUT2D eigenvalue weighted by atomic mass is 16.5. The summed E-state index contributed by atoms with van der Waals surface area (Å²) in [7, 11) is 0. The summed E-state index contributed by atoms with van der Waals surface area (Å²) in [5.74, 6) is 0. The van der Waals surface area contributed by atoms with Crippen molar-refractivity contribution in [3.8, 4) is 0 Å². The highest BCUT2D eigenvalue weighted by molar-refractivity contribution is 5.40. The maximum atomic E-state index is 5.72.